The number of fused-ring (bicyclic) bond motifs is 1. The fraction of sp³-hybridized carbons (Fsp3) is 0.333. The number of rotatable bonds is 1. The second-order valence-corrected chi connectivity index (χ2v) is 4.86. The van der Waals surface area contributed by atoms with E-state index in [0.717, 1.165) is 11.6 Å². The number of hydrogen-bond donors (Lipinski definition) is 0. The van der Waals surface area contributed by atoms with Gasteiger partial charge in [0.25, 0.3) is 0 Å². The second kappa shape index (κ2) is 4.05. The number of alkyl halides is 3. The van der Waals surface area contributed by atoms with Gasteiger partial charge >= 0.3 is 6.18 Å². The Balaban J connectivity index is 2.91. The molecular formula is C12H11BrF3N. The van der Waals surface area contributed by atoms with Gasteiger partial charge in [-0.05, 0) is 31.5 Å². The average molecular weight is 306 g/mol. The molecule has 1 aromatic carbocycles. The van der Waals surface area contributed by atoms with Crippen molar-refractivity contribution in [2.24, 2.45) is 0 Å². The zero-order valence-corrected chi connectivity index (χ0v) is 11.0. The van der Waals surface area contributed by atoms with Gasteiger partial charge < -0.3 is 4.57 Å². The zero-order valence-electron chi connectivity index (χ0n) is 9.40. The Bertz CT molecular complexity index is 569. The summed E-state index contributed by atoms with van der Waals surface area (Å²) >= 11 is 3.13. The minimum absolute atomic E-state index is 0.265. The van der Waals surface area contributed by atoms with E-state index in [1.165, 1.54) is 0 Å². The summed E-state index contributed by atoms with van der Waals surface area (Å²) in [4.78, 5) is 0. The molecule has 0 N–H and O–H groups in total. The maximum atomic E-state index is 13.0. The molecular weight excluding hydrogens is 295 g/mol. The molecule has 0 unspecified atom stereocenters. The lowest BCUT2D eigenvalue weighted by Gasteiger charge is -2.12. The van der Waals surface area contributed by atoms with Crippen molar-refractivity contribution >= 4 is 26.8 Å². The Hall–Kier alpha value is -0.970. The fourth-order valence-corrected chi connectivity index (χ4v) is 2.50. The van der Waals surface area contributed by atoms with Gasteiger partial charge in [0.05, 0.1) is 11.1 Å². The molecule has 5 heteroatoms. The molecule has 0 atom stereocenters. The van der Waals surface area contributed by atoms with Crippen molar-refractivity contribution in [2.45, 2.75) is 26.6 Å². The Morgan fingerprint density at radius 3 is 2.47 bits per heavy atom. The zero-order chi connectivity index (χ0) is 12.8. The van der Waals surface area contributed by atoms with E-state index in [1.807, 2.05) is 13.8 Å². The average Bonchev–Trinajstić information content (AvgIpc) is 2.53. The molecule has 0 fully saturated rings. The van der Waals surface area contributed by atoms with E-state index in [-0.39, 0.29) is 5.52 Å². The van der Waals surface area contributed by atoms with Gasteiger partial charge in [0.1, 0.15) is 0 Å². The quantitative estimate of drug-likeness (QED) is 0.716. The molecule has 1 heterocycles. The molecule has 0 bridgehead atoms. The number of aromatic nitrogens is 1. The predicted octanol–water partition coefficient (Wildman–Crippen LogP) is 4.75. The van der Waals surface area contributed by atoms with E-state index in [2.05, 4.69) is 15.9 Å². The smallest absolute Gasteiger partial charge is 0.347 e. The van der Waals surface area contributed by atoms with Gasteiger partial charge in [0.15, 0.2) is 0 Å². The molecule has 17 heavy (non-hydrogen) atoms. The van der Waals surface area contributed by atoms with Crippen LogP contribution >= 0.6 is 15.9 Å². The molecule has 0 aliphatic heterocycles. The number of nitrogens with zero attached hydrogens (tertiary/aromatic N) is 1. The number of halogens is 4. The number of aryl methyl sites for hydroxylation is 2. The highest BCUT2D eigenvalue weighted by atomic mass is 79.9. The van der Waals surface area contributed by atoms with Crippen LogP contribution in [-0.2, 0) is 12.7 Å². The van der Waals surface area contributed by atoms with Crippen molar-refractivity contribution in [1.29, 1.82) is 0 Å². The molecule has 0 amide bonds. The summed E-state index contributed by atoms with van der Waals surface area (Å²) in [5.41, 5.74) is 0.533. The Labute approximate surface area is 105 Å². The summed E-state index contributed by atoms with van der Waals surface area (Å²) in [5.74, 6) is 0. The molecule has 0 aliphatic rings. The summed E-state index contributed by atoms with van der Waals surface area (Å²) in [6.45, 7) is 4.18. The van der Waals surface area contributed by atoms with Crippen LogP contribution in [0.15, 0.2) is 22.8 Å². The summed E-state index contributed by atoms with van der Waals surface area (Å²) in [6, 6.07) is 2.86. The Morgan fingerprint density at radius 2 is 1.94 bits per heavy atom. The van der Waals surface area contributed by atoms with E-state index in [1.54, 1.807) is 16.8 Å². The molecule has 2 rings (SSSR count). The van der Waals surface area contributed by atoms with E-state index in [9.17, 15) is 13.2 Å². The van der Waals surface area contributed by atoms with Crippen LogP contribution in [0.2, 0.25) is 0 Å². The normalized spacial score (nSPS) is 12.4. The van der Waals surface area contributed by atoms with E-state index in [4.69, 9.17) is 0 Å². The SMILES string of the molecule is CCn1cc(C)c2cc(Br)cc(C(F)(F)F)c21. The van der Waals surface area contributed by atoms with Gasteiger partial charge in [-0.1, -0.05) is 15.9 Å². The fourth-order valence-electron chi connectivity index (χ4n) is 2.04. The molecule has 0 saturated heterocycles. The molecule has 0 radical (unpaired) electrons. The first-order valence-electron chi connectivity index (χ1n) is 5.20. The summed E-state index contributed by atoms with van der Waals surface area (Å²) in [7, 11) is 0. The van der Waals surface area contributed by atoms with Crippen LogP contribution in [0.3, 0.4) is 0 Å². The monoisotopic (exact) mass is 305 g/mol. The molecule has 1 aromatic heterocycles. The topological polar surface area (TPSA) is 4.93 Å². The van der Waals surface area contributed by atoms with Crippen LogP contribution in [0.4, 0.5) is 13.2 Å². The largest absolute Gasteiger partial charge is 0.418 e. The minimum Gasteiger partial charge on any atom is -0.347 e. The van der Waals surface area contributed by atoms with Crippen LogP contribution in [0, 0.1) is 6.92 Å². The van der Waals surface area contributed by atoms with Crippen molar-refractivity contribution in [2.75, 3.05) is 0 Å². The van der Waals surface area contributed by atoms with E-state index >= 15 is 0 Å². The maximum Gasteiger partial charge on any atom is 0.418 e. The van der Waals surface area contributed by atoms with E-state index in [0.29, 0.717) is 16.4 Å². The molecule has 0 aliphatic carbocycles. The minimum atomic E-state index is -4.33. The highest BCUT2D eigenvalue weighted by Crippen LogP contribution is 2.38. The van der Waals surface area contributed by atoms with Crippen LogP contribution in [0.25, 0.3) is 10.9 Å². The van der Waals surface area contributed by atoms with Crippen molar-refractivity contribution in [3.8, 4) is 0 Å². The molecule has 92 valence electrons. The van der Waals surface area contributed by atoms with Gasteiger partial charge in [0.2, 0.25) is 0 Å². The number of benzene rings is 1. The third-order valence-corrected chi connectivity index (χ3v) is 3.24. The summed E-state index contributed by atoms with van der Waals surface area (Å²) in [6.07, 6.45) is -2.58. The first kappa shape index (κ1) is 12.5. The van der Waals surface area contributed by atoms with Gasteiger partial charge in [-0.25, -0.2) is 0 Å². The van der Waals surface area contributed by atoms with Crippen molar-refractivity contribution in [1.82, 2.24) is 4.57 Å². The molecule has 0 saturated carbocycles. The maximum absolute atomic E-state index is 13.0. The molecule has 2 aromatic rings. The second-order valence-electron chi connectivity index (χ2n) is 3.95. The van der Waals surface area contributed by atoms with Crippen LogP contribution in [0.5, 0.6) is 0 Å². The van der Waals surface area contributed by atoms with Crippen molar-refractivity contribution in [3.63, 3.8) is 0 Å². The highest BCUT2D eigenvalue weighted by molar-refractivity contribution is 9.10. The van der Waals surface area contributed by atoms with Crippen LogP contribution < -0.4 is 0 Å². The lowest BCUT2D eigenvalue weighted by molar-refractivity contribution is -0.136. The van der Waals surface area contributed by atoms with Gasteiger partial charge in [-0.15, -0.1) is 0 Å². The first-order valence-corrected chi connectivity index (χ1v) is 6.00. The molecule has 0 spiro atoms. The van der Waals surface area contributed by atoms with Gasteiger partial charge in [-0.3, -0.25) is 0 Å². The Kier molecular flexibility index (Phi) is 2.97. The van der Waals surface area contributed by atoms with Crippen LogP contribution in [0.1, 0.15) is 18.1 Å². The molecule has 1 nitrogen and oxygen atoms in total. The van der Waals surface area contributed by atoms with Crippen molar-refractivity contribution in [3.05, 3.63) is 33.9 Å². The third kappa shape index (κ3) is 2.08. The first-order chi connectivity index (χ1) is 7.84. The van der Waals surface area contributed by atoms with E-state index < -0.39 is 11.7 Å². The Morgan fingerprint density at radius 1 is 1.29 bits per heavy atom. The standard InChI is InChI=1S/C12H11BrF3N/c1-3-17-6-7(2)9-4-8(13)5-10(11(9)17)12(14,15)16/h4-6H,3H2,1-2H3. The lowest BCUT2D eigenvalue weighted by atomic mass is 10.1. The van der Waals surface area contributed by atoms with Gasteiger partial charge in [-0.2, -0.15) is 13.2 Å². The van der Waals surface area contributed by atoms with Gasteiger partial charge in [0, 0.05) is 22.6 Å². The number of hydrogen-bond acceptors (Lipinski definition) is 0. The van der Waals surface area contributed by atoms with Crippen LogP contribution in [-0.4, -0.2) is 4.57 Å². The third-order valence-electron chi connectivity index (χ3n) is 2.78. The predicted molar refractivity (Wildman–Crippen MR) is 65.1 cm³/mol. The highest BCUT2D eigenvalue weighted by Gasteiger charge is 2.34. The summed E-state index contributed by atoms with van der Waals surface area (Å²) in [5, 5.41) is 0.647. The lowest BCUT2D eigenvalue weighted by Crippen LogP contribution is -2.08. The van der Waals surface area contributed by atoms with Crippen molar-refractivity contribution < 1.29 is 13.2 Å². The summed E-state index contributed by atoms with van der Waals surface area (Å²) < 4.78 is 41.1.